The fourth-order valence-corrected chi connectivity index (χ4v) is 1.87. The zero-order valence-corrected chi connectivity index (χ0v) is 9.70. The van der Waals surface area contributed by atoms with E-state index in [1.54, 1.807) is 6.07 Å². The Balaban J connectivity index is 2.30. The maximum atomic E-state index is 13.8. The topological polar surface area (TPSA) is 30.7 Å². The van der Waals surface area contributed by atoms with E-state index in [1.807, 2.05) is 0 Å². The van der Waals surface area contributed by atoms with Crippen LogP contribution in [0.3, 0.4) is 0 Å². The van der Waals surface area contributed by atoms with Crippen molar-refractivity contribution in [1.29, 1.82) is 0 Å². The van der Waals surface area contributed by atoms with Crippen molar-refractivity contribution in [3.8, 4) is 5.69 Å². The van der Waals surface area contributed by atoms with Gasteiger partial charge >= 0.3 is 0 Å². The molecule has 90 valence electrons. The highest BCUT2D eigenvalue weighted by Gasteiger charge is 2.13. The highest BCUT2D eigenvalue weighted by Crippen LogP contribution is 2.21. The van der Waals surface area contributed by atoms with Crippen molar-refractivity contribution in [2.24, 2.45) is 0 Å². The van der Waals surface area contributed by atoms with E-state index in [1.165, 1.54) is 34.9 Å². The summed E-state index contributed by atoms with van der Waals surface area (Å²) in [6.07, 6.45) is -0.716. The van der Waals surface area contributed by atoms with Gasteiger partial charge in [-0.1, -0.05) is 11.6 Å². The lowest BCUT2D eigenvalue weighted by molar-refractivity contribution is 0.527. The molecule has 0 spiro atoms. The van der Waals surface area contributed by atoms with Gasteiger partial charge in [-0.3, -0.25) is 4.57 Å². The number of fused-ring (bicyclic) bond motifs is 1. The maximum absolute atomic E-state index is 13.8. The van der Waals surface area contributed by atoms with Gasteiger partial charge in [-0.15, -0.1) is 0 Å². The number of hydrogen-bond acceptors (Lipinski definition) is 2. The second-order valence-corrected chi connectivity index (χ2v) is 4.06. The van der Waals surface area contributed by atoms with E-state index in [2.05, 4.69) is 9.97 Å². The number of hydrogen-bond donors (Lipinski definition) is 0. The molecule has 2 aromatic heterocycles. The molecule has 0 saturated heterocycles. The highest BCUT2D eigenvalue weighted by molar-refractivity contribution is 6.29. The van der Waals surface area contributed by atoms with E-state index >= 15 is 0 Å². The van der Waals surface area contributed by atoms with Crippen molar-refractivity contribution in [2.75, 3.05) is 0 Å². The normalized spacial score (nSPS) is 11.1. The zero-order valence-electron chi connectivity index (χ0n) is 8.94. The summed E-state index contributed by atoms with van der Waals surface area (Å²) in [4.78, 5) is 7.76. The fourth-order valence-electron chi connectivity index (χ4n) is 1.73. The Morgan fingerprint density at radius 2 is 1.67 bits per heavy atom. The van der Waals surface area contributed by atoms with Gasteiger partial charge in [0.15, 0.2) is 5.65 Å². The van der Waals surface area contributed by atoms with Crippen molar-refractivity contribution in [3.63, 3.8) is 0 Å². The Hall–Kier alpha value is -2.01. The van der Waals surface area contributed by atoms with Crippen molar-refractivity contribution < 1.29 is 8.78 Å². The number of imidazole rings is 1. The molecule has 3 aromatic rings. The summed E-state index contributed by atoms with van der Waals surface area (Å²) in [7, 11) is 0. The van der Waals surface area contributed by atoms with Gasteiger partial charge in [0.25, 0.3) is 6.08 Å². The summed E-state index contributed by atoms with van der Waals surface area (Å²) in [5.41, 5.74) is 1.12. The van der Waals surface area contributed by atoms with Gasteiger partial charge in [0.2, 0.25) is 0 Å². The fraction of sp³-hybridized carbons (Fsp3) is 0. The van der Waals surface area contributed by atoms with E-state index in [4.69, 9.17) is 11.6 Å². The molecule has 3 nitrogen and oxygen atoms in total. The maximum Gasteiger partial charge on any atom is 0.296 e. The van der Waals surface area contributed by atoms with Crippen molar-refractivity contribution in [1.82, 2.24) is 14.5 Å². The first kappa shape index (κ1) is 11.1. The van der Waals surface area contributed by atoms with E-state index in [9.17, 15) is 8.78 Å². The molecule has 0 radical (unpaired) electrons. The molecule has 0 unspecified atom stereocenters. The predicted molar refractivity (Wildman–Crippen MR) is 63.8 cm³/mol. The average Bonchev–Trinajstić information content (AvgIpc) is 2.66. The van der Waals surface area contributed by atoms with Crippen molar-refractivity contribution in [3.05, 3.63) is 53.4 Å². The van der Waals surface area contributed by atoms with Gasteiger partial charge in [-0.2, -0.15) is 4.39 Å². The van der Waals surface area contributed by atoms with Gasteiger partial charge in [-0.25, -0.2) is 14.4 Å². The first-order chi connectivity index (χ1) is 8.65. The van der Waals surface area contributed by atoms with Crippen molar-refractivity contribution >= 4 is 22.8 Å². The minimum atomic E-state index is -0.716. The molecule has 0 fully saturated rings. The van der Waals surface area contributed by atoms with Crippen LogP contribution in [-0.4, -0.2) is 14.5 Å². The Morgan fingerprint density at radius 1 is 0.944 bits per heavy atom. The number of rotatable bonds is 1. The van der Waals surface area contributed by atoms with Crippen LogP contribution in [0.25, 0.3) is 16.9 Å². The summed E-state index contributed by atoms with van der Waals surface area (Å²) >= 11 is 5.78. The molecule has 0 bridgehead atoms. The zero-order chi connectivity index (χ0) is 12.7. The molecule has 0 aliphatic heterocycles. The monoisotopic (exact) mass is 265 g/mol. The van der Waals surface area contributed by atoms with Gasteiger partial charge < -0.3 is 0 Å². The molecule has 0 aliphatic carbocycles. The first-order valence-electron chi connectivity index (χ1n) is 5.11. The molecule has 6 heteroatoms. The van der Waals surface area contributed by atoms with Crippen LogP contribution >= 0.6 is 11.6 Å². The Kier molecular flexibility index (Phi) is 2.48. The second-order valence-electron chi connectivity index (χ2n) is 3.67. The Bertz CT molecular complexity index is 722. The minimum absolute atomic E-state index is 0.241. The summed E-state index contributed by atoms with van der Waals surface area (Å²) in [5, 5.41) is 0.241. The predicted octanol–water partition coefficient (Wildman–Crippen LogP) is 3.35. The number of benzene rings is 1. The Morgan fingerprint density at radius 3 is 2.39 bits per heavy atom. The quantitative estimate of drug-likeness (QED) is 0.632. The SMILES string of the molecule is Fc1ccc(-n2c(F)nc3ccc(Cl)nc32)cc1. The van der Waals surface area contributed by atoms with Crippen molar-refractivity contribution in [2.45, 2.75) is 0 Å². The minimum Gasteiger partial charge on any atom is -0.253 e. The van der Waals surface area contributed by atoms with Crippen LogP contribution in [0, 0.1) is 11.9 Å². The lowest BCUT2D eigenvalue weighted by atomic mass is 10.3. The van der Waals surface area contributed by atoms with Gasteiger partial charge in [0.1, 0.15) is 16.5 Å². The summed E-state index contributed by atoms with van der Waals surface area (Å²) in [6, 6.07) is 8.49. The molecule has 0 saturated carbocycles. The smallest absolute Gasteiger partial charge is 0.253 e. The van der Waals surface area contributed by atoms with Crippen LogP contribution in [0.5, 0.6) is 0 Å². The lowest BCUT2D eigenvalue weighted by Crippen LogP contribution is -1.99. The van der Waals surface area contributed by atoms with Crippen LogP contribution in [0.2, 0.25) is 5.15 Å². The summed E-state index contributed by atoms with van der Waals surface area (Å²) in [5.74, 6) is -0.394. The van der Waals surface area contributed by atoms with E-state index in [-0.39, 0.29) is 5.15 Å². The number of nitrogens with zero attached hydrogens (tertiary/aromatic N) is 3. The Labute approximate surface area is 106 Å². The van der Waals surface area contributed by atoms with E-state index < -0.39 is 11.9 Å². The molecule has 0 atom stereocenters. The third kappa shape index (κ3) is 1.73. The van der Waals surface area contributed by atoms with Crippen LogP contribution in [0.15, 0.2) is 36.4 Å². The van der Waals surface area contributed by atoms with Crippen LogP contribution < -0.4 is 0 Å². The molecule has 1 aromatic carbocycles. The summed E-state index contributed by atoms with van der Waals surface area (Å²) in [6.45, 7) is 0. The molecule has 0 N–H and O–H groups in total. The standard InChI is InChI=1S/C12H6ClF2N3/c13-10-6-5-9-11(17-10)18(12(15)16-9)8-3-1-7(14)2-4-8/h1-6H. The van der Waals surface area contributed by atoms with Gasteiger partial charge in [0, 0.05) is 0 Å². The molecular formula is C12H6ClF2N3. The van der Waals surface area contributed by atoms with Gasteiger partial charge in [0.05, 0.1) is 5.69 Å². The molecular weight excluding hydrogens is 260 g/mol. The van der Waals surface area contributed by atoms with Gasteiger partial charge in [-0.05, 0) is 36.4 Å². The number of aromatic nitrogens is 3. The summed E-state index contributed by atoms with van der Waals surface area (Å²) < 4.78 is 27.8. The second kappa shape index (κ2) is 4.03. The molecule has 3 rings (SSSR count). The third-order valence-electron chi connectivity index (χ3n) is 2.51. The number of halogens is 3. The molecule has 18 heavy (non-hydrogen) atoms. The molecule has 0 aliphatic rings. The van der Waals surface area contributed by atoms with Crippen LogP contribution in [-0.2, 0) is 0 Å². The molecule has 0 amide bonds. The van der Waals surface area contributed by atoms with E-state index in [0.29, 0.717) is 16.9 Å². The van der Waals surface area contributed by atoms with Crippen LogP contribution in [0.1, 0.15) is 0 Å². The largest absolute Gasteiger partial charge is 0.296 e. The average molecular weight is 266 g/mol. The lowest BCUT2D eigenvalue weighted by Gasteiger charge is -2.03. The highest BCUT2D eigenvalue weighted by atomic mass is 35.5. The molecule has 2 heterocycles. The van der Waals surface area contributed by atoms with Crippen LogP contribution in [0.4, 0.5) is 8.78 Å². The third-order valence-corrected chi connectivity index (χ3v) is 2.72. The van der Waals surface area contributed by atoms with E-state index in [0.717, 1.165) is 0 Å². The first-order valence-corrected chi connectivity index (χ1v) is 5.49. The number of pyridine rings is 1.